The van der Waals surface area contributed by atoms with Crippen molar-refractivity contribution in [2.75, 3.05) is 61.2 Å². The molecule has 2 aromatic carbocycles. The second-order valence-electron chi connectivity index (χ2n) is 20.4. The molecular weight excluding hydrogens is 869 g/mol. The van der Waals surface area contributed by atoms with Gasteiger partial charge in [-0.05, 0) is 104 Å². The number of carbonyl (C=O) groups excluding carboxylic acids is 4. The number of nitrogens with one attached hydrogen (secondary N) is 1. The second kappa shape index (κ2) is 16.7. The lowest BCUT2D eigenvalue weighted by atomic mass is 9.47. The fourth-order valence-corrected chi connectivity index (χ4v) is 14.8. The van der Waals surface area contributed by atoms with E-state index in [1.54, 1.807) is 14.2 Å². The first-order valence-electron chi connectivity index (χ1n) is 24.1. The maximum atomic E-state index is 15.7. The van der Waals surface area contributed by atoms with Gasteiger partial charge in [0.2, 0.25) is 12.0 Å². The molecule has 3 saturated heterocycles. The van der Waals surface area contributed by atoms with Crippen LogP contribution in [0.25, 0.3) is 22.0 Å². The van der Waals surface area contributed by atoms with Gasteiger partial charge in [-0.1, -0.05) is 50.3 Å². The highest BCUT2D eigenvalue weighted by Gasteiger charge is 2.82. The van der Waals surface area contributed by atoms with Crippen LogP contribution in [0.1, 0.15) is 64.1 Å². The topological polar surface area (TPSA) is 180 Å². The summed E-state index contributed by atoms with van der Waals surface area (Å²) in [5.74, 6) is -2.37. The van der Waals surface area contributed by atoms with Gasteiger partial charge >= 0.3 is 17.9 Å². The number of ether oxygens (including phenoxy) is 5. The fraction of sp³-hybridized carbons (Fsp3) is 0.547. The van der Waals surface area contributed by atoms with Crippen molar-refractivity contribution in [2.45, 2.75) is 100 Å². The number of hydrogen-bond donors (Lipinski definition) is 3. The lowest BCUT2D eigenvalue weighted by Crippen LogP contribution is -2.80. The Bertz CT molecular complexity index is 2640. The molecule has 1 amide bonds. The number of allylic oxidation sites excluding steroid dienone is 1. The van der Waals surface area contributed by atoms with Crippen molar-refractivity contribution in [1.82, 2.24) is 19.7 Å². The zero-order valence-corrected chi connectivity index (χ0v) is 40.1. The third-order valence-electron chi connectivity index (χ3n) is 17.4. The third-order valence-corrected chi connectivity index (χ3v) is 17.4. The molecule has 5 aliphatic heterocycles. The summed E-state index contributed by atoms with van der Waals surface area (Å²) in [7, 11) is 5.82. The van der Waals surface area contributed by atoms with Crippen molar-refractivity contribution >= 4 is 35.2 Å². The van der Waals surface area contributed by atoms with Gasteiger partial charge in [0.1, 0.15) is 11.2 Å². The van der Waals surface area contributed by atoms with E-state index in [0.717, 1.165) is 33.3 Å². The summed E-state index contributed by atoms with van der Waals surface area (Å²) in [5, 5.41) is 26.6. The van der Waals surface area contributed by atoms with Crippen LogP contribution in [-0.4, -0.2) is 151 Å². The van der Waals surface area contributed by atoms with Crippen molar-refractivity contribution < 1.29 is 53.1 Å². The number of aromatic amines is 1. The summed E-state index contributed by atoms with van der Waals surface area (Å²) >= 11 is 0. The number of hydrogen-bond acceptors (Lipinski definition) is 13. The first-order chi connectivity index (χ1) is 32.7. The highest BCUT2D eigenvalue weighted by Crippen LogP contribution is 2.70. The van der Waals surface area contributed by atoms with E-state index in [0.29, 0.717) is 88.2 Å². The standard InChI is InChI=1S/C53H64N4O11/c1-8-49(62)26-32-27-52(47(60)66-6,43-36(17-21-55(28-32)29-49)37-23-34(13-16-40(37)54-43)33-11-14-35(64-4)15-12-33)39-24-38-41(25-42(39)65-5)57(30-58)45-51(38)19-22-56-20-10-18-50(9-2,44(51)56)46(68-31(3)59)53(45,63)48(61)67-7/h10-16,18,23-25,30,32,39,42,44-46,54,62-63H,8-9,17,19-22,26-29H2,1-7H3/t32-,39?,42?,44+,45-,46-,49+,50-,51-,52+,53+/m1/s1. The number of H-pyrrole nitrogens is 1. The molecule has 7 aliphatic rings. The van der Waals surface area contributed by atoms with E-state index in [1.165, 1.54) is 26.0 Å². The number of carbonyl (C=O) groups is 4. The molecule has 3 unspecified atom stereocenters. The lowest BCUT2D eigenvalue weighted by molar-refractivity contribution is -0.242. The molecule has 3 aromatic rings. The molecule has 15 heteroatoms. The number of nitrogens with zero attached hydrogens (tertiary/aromatic N) is 3. The van der Waals surface area contributed by atoms with Gasteiger partial charge in [0, 0.05) is 85.3 Å². The Morgan fingerprint density at radius 2 is 1.66 bits per heavy atom. The molecule has 68 heavy (non-hydrogen) atoms. The SMILES string of the molecule is CC[C@]1(O)C[C@H]2CN(CCc3c([nH]c4ccc(-c5ccc(OC)cc5)cc34)[C@@](C(=O)OC)(C3C=C4C(=CC3OC)N(C=O)[C@H]3[C@@](O)(C(=O)OC)[C@H](OC(C)=O)[C@]5(CC)C=CCN6CC[C@]43[C@@H]65)C2)C1. The molecule has 2 bridgehead atoms. The number of aromatic nitrogens is 1. The van der Waals surface area contributed by atoms with E-state index in [4.69, 9.17) is 23.7 Å². The largest absolute Gasteiger partial charge is 0.497 e. The minimum atomic E-state index is -2.54. The molecule has 2 aliphatic carbocycles. The number of aliphatic hydroxyl groups is 2. The Morgan fingerprint density at radius 1 is 0.912 bits per heavy atom. The summed E-state index contributed by atoms with van der Waals surface area (Å²) in [6, 6.07) is 12.5. The van der Waals surface area contributed by atoms with Gasteiger partial charge in [0.25, 0.3) is 0 Å². The minimum absolute atomic E-state index is 0.163. The number of esters is 3. The summed E-state index contributed by atoms with van der Waals surface area (Å²) in [6.45, 7) is 8.13. The normalized spacial score (nSPS) is 37.0. The van der Waals surface area contributed by atoms with Gasteiger partial charge < -0.3 is 43.8 Å². The van der Waals surface area contributed by atoms with Crippen LogP contribution in [0.2, 0.25) is 0 Å². The van der Waals surface area contributed by atoms with E-state index >= 15 is 4.79 Å². The zero-order valence-electron chi connectivity index (χ0n) is 40.1. The predicted molar refractivity (Wildman–Crippen MR) is 251 cm³/mol. The Labute approximate surface area is 397 Å². The van der Waals surface area contributed by atoms with Crippen molar-refractivity contribution in [3.8, 4) is 16.9 Å². The van der Waals surface area contributed by atoms with E-state index in [-0.39, 0.29) is 12.3 Å². The molecule has 6 heterocycles. The van der Waals surface area contributed by atoms with Gasteiger partial charge in [0.05, 0.1) is 39.1 Å². The molecule has 1 spiro atoms. The number of rotatable bonds is 10. The Morgan fingerprint density at radius 3 is 2.32 bits per heavy atom. The van der Waals surface area contributed by atoms with Gasteiger partial charge in [-0.25, -0.2) is 4.79 Å². The Balaban J connectivity index is 1.25. The van der Waals surface area contributed by atoms with Gasteiger partial charge in [-0.15, -0.1) is 0 Å². The molecule has 1 aromatic heterocycles. The van der Waals surface area contributed by atoms with E-state index < -0.39 is 75.6 Å². The van der Waals surface area contributed by atoms with Gasteiger partial charge in [-0.3, -0.25) is 24.2 Å². The van der Waals surface area contributed by atoms with Crippen molar-refractivity contribution in [1.29, 1.82) is 0 Å². The lowest BCUT2D eigenvalue weighted by Gasteiger charge is -2.63. The molecule has 1 saturated carbocycles. The number of fused-ring (bicyclic) bond motifs is 6. The van der Waals surface area contributed by atoms with Gasteiger partial charge in [0.15, 0.2) is 6.10 Å². The molecule has 15 nitrogen and oxygen atoms in total. The molecule has 10 rings (SSSR count). The minimum Gasteiger partial charge on any atom is -0.497 e. The number of methoxy groups -OCH3 is 4. The number of amides is 1. The summed E-state index contributed by atoms with van der Waals surface area (Å²) in [6.07, 6.45) is 8.96. The summed E-state index contributed by atoms with van der Waals surface area (Å²) in [4.78, 5) is 67.1. The Hall–Kier alpha value is -5.32. The van der Waals surface area contributed by atoms with Crippen molar-refractivity contribution in [3.05, 3.63) is 89.3 Å². The number of piperidine rings is 1. The van der Waals surface area contributed by atoms with E-state index in [9.17, 15) is 24.6 Å². The van der Waals surface area contributed by atoms with Crippen LogP contribution in [0.15, 0.2) is 78.0 Å². The predicted octanol–water partition coefficient (Wildman–Crippen LogP) is 4.84. The van der Waals surface area contributed by atoms with Crippen LogP contribution in [0, 0.1) is 22.7 Å². The average molecular weight is 933 g/mol. The highest BCUT2D eigenvalue weighted by atomic mass is 16.6. The number of likely N-dealkylation sites (tertiary alicyclic amines) is 1. The van der Waals surface area contributed by atoms with Gasteiger partial charge in [-0.2, -0.15) is 0 Å². The quantitative estimate of drug-likeness (QED) is 0.109. The van der Waals surface area contributed by atoms with Crippen LogP contribution in [0.3, 0.4) is 0 Å². The van der Waals surface area contributed by atoms with Crippen molar-refractivity contribution in [3.63, 3.8) is 0 Å². The van der Waals surface area contributed by atoms with Crippen LogP contribution in [0.5, 0.6) is 5.75 Å². The van der Waals surface area contributed by atoms with E-state index in [2.05, 4.69) is 39.1 Å². The zero-order chi connectivity index (χ0) is 48.1. The molecule has 362 valence electrons. The number of benzene rings is 2. The first kappa shape index (κ1) is 46.4. The summed E-state index contributed by atoms with van der Waals surface area (Å²) in [5.41, 5.74) is -1.57. The van der Waals surface area contributed by atoms with Crippen LogP contribution in [0.4, 0.5) is 0 Å². The summed E-state index contributed by atoms with van der Waals surface area (Å²) < 4.78 is 29.6. The smallest absolute Gasteiger partial charge is 0.344 e. The first-order valence-corrected chi connectivity index (χ1v) is 24.1. The molecule has 0 radical (unpaired) electrons. The molecular formula is C53H64N4O11. The molecule has 3 N–H and O–H groups in total. The maximum Gasteiger partial charge on any atom is 0.344 e. The molecule has 12 atom stereocenters. The maximum absolute atomic E-state index is 15.7. The fourth-order valence-electron chi connectivity index (χ4n) is 14.8. The highest BCUT2D eigenvalue weighted by molar-refractivity contribution is 5.94. The van der Waals surface area contributed by atoms with Crippen LogP contribution >= 0.6 is 0 Å². The van der Waals surface area contributed by atoms with Crippen LogP contribution < -0.4 is 4.74 Å². The van der Waals surface area contributed by atoms with E-state index in [1.807, 2.05) is 56.3 Å². The average Bonchev–Trinajstić information content (AvgIpc) is 4.02. The van der Waals surface area contributed by atoms with Crippen LogP contribution in [-0.2, 0) is 50.0 Å². The third kappa shape index (κ3) is 6.34. The van der Waals surface area contributed by atoms with Crippen molar-refractivity contribution in [2.24, 2.45) is 22.7 Å². The second-order valence-corrected chi connectivity index (χ2v) is 20.4. The molecule has 4 fully saturated rings. The monoisotopic (exact) mass is 932 g/mol. The Kier molecular flexibility index (Phi) is 11.4.